The van der Waals surface area contributed by atoms with Gasteiger partial charge in [-0.15, -0.1) is 0 Å². The van der Waals surface area contributed by atoms with Crippen LogP contribution in [0, 0.1) is 32.0 Å². The average Bonchev–Trinajstić information content (AvgIpc) is 0.722. The summed E-state index contributed by atoms with van der Waals surface area (Å²) in [5, 5.41) is -3.50. The van der Waals surface area contributed by atoms with Gasteiger partial charge in [0.15, 0.2) is 0 Å². The summed E-state index contributed by atoms with van der Waals surface area (Å²) in [6.07, 6.45) is 0. The maximum atomic E-state index is 9.26. The van der Waals surface area contributed by atoms with E-state index in [2.05, 4.69) is 0 Å². The maximum absolute atomic E-state index is 9.26. The van der Waals surface area contributed by atoms with Crippen LogP contribution in [0.15, 0.2) is 0 Å². The molecule has 0 atom stereocenters. The topological polar surface area (TPSA) is 54.4 Å². The van der Waals surface area contributed by atoms with Gasteiger partial charge in [-0.1, -0.05) is 0 Å². The van der Waals surface area contributed by atoms with Gasteiger partial charge in [-0.3, -0.25) is 0 Å². The summed E-state index contributed by atoms with van der Waals surface area (Å²) in [6.45, 7) is 0. The van der Waals surface area contributed by atoms with E-state index in [-0.39, 0.29) is 32.0 Å². The molecule has 0 aliphatic rings. The number of rotatable bonds is 0. The first kappa shape index (κ1) is 6.10. The molecule has 0 aliphatic carbocycles. The van der Waals surface area contributed by atoms with E-state index in [1.807, 2.05) is 0 Å². The number of hydrogen-bond donors (Lipinski definition) is 1. The molecule has 0 aliphatic heterocycles. The predicted octanol–water partition coefficient (Wildman–Crippen LogP) is -0.661. The first-order valence-electron chi connectivity index (χ1n) is 0.752. The van der Waals surface area contributed by atoms with E-state index in [9.17, 15) is 8.42 Å². The van der Waals surface area contributed by atoms with E-state index in [1.54, 1.807) is 0 Å². The summed E-state index contributed by atoms with van der Waals surface area (Å²) < 4.78 is 26.1. The fourth-order valence-corrected chi connectivity index (χ4v) is 0. The minimum absolute atomic E-state index is 0.340. The fraction of sp³-hybridized carbons (Fsp3) is 0. The van der Waals surface area contributed by atoms with Gasteiger partial charge in [0.25, 0.3) is 0 Å². The molecule has 0 fully saturated rings. The summed E-state index contributed by atoms with van der Waals surface area (Å²) in [4.78, 5) is 0. The monoisotopic (exact) mass is 220 g/mol. The van der Waals surface area contributed by atoms with Crippen molar-refractivity contribution in [1.82, 2.24) is 0 Å². The Morgan fingerprint density at radius 2 is 1.60 bits per heavy atom. The summed E-state index contributed by atoms with van der Waals surface area (Å²) in [5.74, 6) is 0. The molecule has 1 N–H and O–H groups in total. The summed E-state index contributed by atoms with van der Waals surface area (Å²) >= 11 is -0.340. The second-order valence-electron chi connectivity index (χ2n) is 0.515. The Kier molecular flexibility index (Phi) is 2.08. The van der Waals surface area contributed by atoms with Gasteiger partial charge in [-0.25, -0.2) is 0 Å². The Labute approximate surface area is 49.6 Å². The predicted molar refractivity (Wildman–Crippen MR) is 11.5 cm³/mol. The van der Waals surface area contributed by atoms with Gasteiger partial charge in [0.05, 0.1) is 0 Å². The van der Waals surface area contributed by atoms with E-state index >= 15 is 0 Å². The second-order valence-corrected chi connectivity index (χ2v) is 7.16. The van der Waals surface area contributed by atoms with Crippen LogP contribution in [0.5, 0.6) is 0 Å². The third-order valence-electron chi connectivity index (χ3n) is 0. The first-order valence-corrected chi connectivity index (χ1v) is 6.70. The van der Waals surface area contributed by atoms with E-state index in [4.69, 9.17) is 4.55 Å². The van der Waals surface area contributed by atoms with Crippen LogP contribution in [0.2, 0.25) is 0 Å². The van der Waals surface area contributed by atoms with Crippen LogP contribution in [0.25, 0.3) is 0 Å². The van der Waals surface area contributed by atoms with Crippen LogP contribution in [-0.2, 0) is 5.07 Å². The Hall–Kier alpha value is 1.10. The van der Waals surface area contributed by atoms with E-state index in [1.165, 1.54) is 0 Å². The molecule has 5 heavy (non-hydrogen) atoms. The van der Waals surface area contributed by atoms with Crippen molar-refractivity contribution in [3.8, 4) is 0 Å². The van der Waals surface area contributed by atoms with E-state index in [0.29, 0.717) is 0 Å². The van der Waals surface area contributed by atoms with Crippen molar-refractivity contribution in [3.05, 3.63) is 0 Å². The van der Waals surface area contributed by atoms with Crippen LogP contribution < -0.4 is 0 Å². The van der Waals surface area contributed by atoms with E-state index < -0.39 is 5.07 Å². The van der Waals surface area contributed by atoms with Gasteiger partial charge in [0.2, 0.25) is 0 Å². The molecule has 0 saturated carbocycles. The second kappa shape index (κ2) is 1.70. The van der Waals surface area contributed by atoms with Crippen LogP contribution in [0.4, 0.5) is 0 Å². The van der Waals surface area contributed by atoms with Gasteiger partial charge in [0.1, 0.15) is 0 Å². The van der Waals surface area contributed by atoms with Crippen LogP contribution >= 0.6 is 0 Å². The molecule has 0 heterocycles. The Morgan fingerprint density at radius 1 is 1.60 bits per heavy atom. The zero-order chi connectivity index (χ0) is 4.50. The van der Waals surface area contributed by atoms with Crippen molar-refractivity contribution >= 4 is 5.07 Å². The SMILES string of the molecule is O=[S](=O)(O)[La]. The molecule has 0 bridgehead atoms. The molecule has 0 spiro atoms. The van der Waals surface area contributed by atoms with Crippen molar-refractivity contribution in [2.75, 3.05) is 0 Å². The molecule has 0 amide bonds. The molecule has 0 saturated heterocycles. The van der Waals surface area contributed by atoms with Gasteiger partial charge in [-0.2, -0.15) is 0 Å². The third-order valence-corrected chi connectivity index (χ3v) is 0. The zero-order valence-electron chi connectivity index (χ0n) is 2.25. The van der Waals surface area contributed by atoms with Gasteiger partial charge in [0, 0.05) is 0 Å². The Balaban J connectivity index is 4.06. The van der Waals surface area contributed by atoms with Crippen molar-refractivity contribution < 1.29 is 44.9 Å². The summed E-state index contributed by atoms with van der Waals surface area (Å²) in [7, 11) is 0. The van der Waals surface area contributed by atoms with Crippen LogP contribution in [-0.4, -0.2) is 13.0 Å². The number of hydrogen-bond acceptors (Lipinski definition) is 2. The Bertz CT molecular complexity index is 90.1. The zero-order valence-corrected chi connectivity index (χ0v) is 6.69. The summed E-state index contributed by atoms with van der Waals surface area (Å²) in [5.41, 5.74) is 0. The fourth-order valence-electron chi connectivity index (χ4n) is 0. The van der Waals surface area contributed by atoms with Crippen molar-refractivity contribution in [1.29, 1.82) is 0 Å². The molecular formula is HLaO3S. The third kappa shape index (κ3) is 40.3. The first-order chi connectivity index (χ1) is 2.00. The molecule has 0 rings (SSSR count). The molecule has 0 aromatic rings. The van der Waals surface area contributed by atoms with Gasteiger partial charge < -0.3 is 0 Å². The van der Waals surface area contributed by atoms with E-state index in [0.717, 1.165) is 0 Å². The molecule has 3 nitrogen and oxygen atoms in total. The molecular weight excluding hydrogens is 219 g/mol. The molecule has 0 aromatic carbocycles. The average molecular weight is 220 g/mol. The Morgan fingerprint density at radius 3 is 1.60 bits per heavy atom. The van der Waals surface area contributed by atoms with Crippen LogP contribution in [0.3, 0.4) is 0 Å². The quantitative estimate of drug-likeness (QED) is 0.551. The van der Waals surface area contributed by atoms with Gasteiger partial charge >= 0.3 is 50.0 Å². The standard InChI is InChI=1S/La.HO3S/c;1-4(2)3/h;(H,1,2,3). The summed E-state index contributed by atoms with van der Waals surface area (Å²) in [6, 6.07) is 0. The molecule has 5 heteroatoms. The van der Waals surface area contributed by atoms with Crippen molar-refractivity contribution in [3.63, 3.8) is 0 Å². The minimum atomic E-state index is -3.50. The molecule has 0 radical (unpaired) electrons. The van der Waals surface area contributed by atoms with Crippen molar-refractivity contribution in [2.45, 2.75) is 0 Å². The molecule has 0 unspecified atom stereocenters. The van der Waals surface area contributed by atoms with Crippen molar-refractivity contribution in [2.24, 2.45) is 0 Å². The van der Waals surface area contributed by atoms with Crippen LogP contribution in [0.1, 0.15) is 0 Å². The molecule has 0 aromatic heterocycles. The van der Waals surface area contributed by atoms with Gasteiger partial charge in [-0.05, 0) is 0 Å². The molecule has 28 valence electrons. The normalized spacial score (nSPS) is 11.2.